The molecule has 0 N–H and O–H groups in total. The summed E-state index contributed by atoms with van der Waals surface area (Å²) in [5.74, 6) is 0.250. The van der Waals surface area contributed by atoms with E-state index in [0.717, 1.165) is 18.4 Å². The molecule has 0 amide bonds. The molecule has 1 aliphatic rings. The van der Waals surface area contributed by atoms with Crippen LogP contribution < -0.4 is 9.47 Å². The molecule has 5 nitrogen and oxygen atoms in total. The third-order valence-corrected chi connectivity index (χ3v) is 4.14. The molecule has 0 radical (unpaired) electrons. The molecule has 3 heterocycles. The van der Waals surface area contributed by atoms with Crippen molar-refractivity contribution < 1.29 is 22.6 Å². The number of hydrogen-bond acceptors (Lipinski definition) is 4. The van der Waals surface area contributed by atoms with Crippen LogP contribution in [0.3, 0.4) is 0 Å². The monoisotopic (exact) mass is 369 g/mol. The van der Waals surface area contributed by atoms with Crippen LogP contribution in [-0.4, -0.2) is 27.6 Å². The van der Waals surface area contributed by atoms with Crippen LogP contribution in [0.1, 0.15) is 12.0 Å². The van der Waals surface area contributed by atoms with E-state index in [4.69, 9.17) is 16.3 Å². The van der Waals surface area contributed by atoms with Crippen LogP contribution in [0, 0.1) is 0 Å². The molecule has 130 valence electrons. The predicted octanol–water partition coefficient (Wildman–Crippen LogP) is 4.27. The van der Waals surface area contributed by atoms with Crippen molar-refractivity contribution in [3.05, 3.63) is 41.2 Å². The van der Waals surface area contributed by atoms with E-state index in [9.17, 15) is 13.2 Å². The van der Waals surface area contributed by atoms with Crippen molar-refractivity contribution >= 4 is 17.2 Å². The lowest BCUT2D eigenvalue weighted by atomic mass is 10.1. The van der Waals surface area contributed by atoms with E-state index < -0.39 is 6.36 Å². The Bertz CT molecular complexity index is 956. The van der Waals surface area contributed by atoms with E-state index >= 15 is 0 Å². The van der Waals surface area contributed by atoms with Crippen LogP contribution in [0.5, 0.6) is 11.5 Å². The number of ether oxygens (including phenoxy) is 2. The van der Waals surface area contributed by atoms with E-state index in [0.29, 0.717) is 34.4 Å². The van der Waals surface area contributed by atoms with Gasteiger partial charge in [-0.1, -0.05) is 23.7 Å². The molecule has 9 heteroatoms. The van der Waals surface area contributed by atoms with Crippen LogP contribution in [0.2, 0.25) is 5.15 Å². The first-order valence-corrected chi connectivity index (χ1v) is 7.85. The number of imidazole rings is 1. The first-order valence-electron chi connectivity index (χ1n) is 7.47. The Morgan fingerprint density at radius 3 is 2.92 bits per heavy atom. The van der Waals surface area contributed by atoms with Gasteiger partial charge in [-0.3, -0.25) is 0 Å². The van der Waals surface area contributed by atoms with E-state index in [1.54, 1.807) is 6.07 Å². The molecule has 0 saturated carbocycles. The summed E-state index contributed by atoms with van der Waals surface area (Å²) < 4.78 is 48.4. The predicted molar refractivity (Wildman–Crippen MR) is 83.9 cm³/mol. The second-order valence-electron chi connectivity index (χ2n) is 5.50. The zero-order valence-electron chi connectivity index (χ0n) is 12.7. The van der Waals surface area contributed by atoms with Gasteiger partial charge in [0.25, 0.3) is 0 Å². The number of alkyl halides is 3. The van der Waals surface area contributed by atoms with Gasteiger partial charge >= 0.3 is 6.36 Å². The Morgan fingerprint density at radius 1 is 1.28 bits per heavy atom. The largest absolute Gasteiger partial charge is 0.573 e. The number of benzene rings is 1. The summed E-state index contributed by atoms with van der Waals surface area (Å²) in [5.41, 5.74) is 2.23. The zero-order valence-corrected chi connectivity index (χ0v) is 13.4. The summed E-state index contributed by atoms with van der Waals surface area (Å²) in [6.07, 6.45) is -1.65. The quantitative estimate of drug-likeness (QED) is 0.676. The molecule has 0 fully saturated rings. The molecule has 0 spiro atoms. The van der Waals surface area contributed by atoms with Crippen molar-refractivity contribution in [3.63, 3.8) is 0 Å². The van der Waals surface area contributed by atoms with Gasteiger partial charge in [0.05, 0.1) is 18.5 Å². The highest BCUT2D eigenvalue weighted by atomic mass is 35.5. The topological polar surface area (TPSA) is 48.7 Å². The first kappa shape index (κ1) is 16.0. The van der Waals surface area contributed by atoms with Gasteiger partial charge in [0.15, 0.2) is 16.5 Å². The van der Waals surface area contributed by atoms with Gasteiger partial charge in [-0.25, -0.2) is 9.50 Å². The zero-order chi connectivity index (χ0) is 17.6. The number of fused-ring (bicyclic) bond motifs is 3. The van der Waals surface area contributed by atoms with E-state index in [1.165, 1.54) is 28.9 Å². The van der Waals surface area contributed by atoms with Crippen LogP contribution in [0.15, 0.2) is 30.5 Å². The molecular weight excluding hydrogens is 359 g/mol. The first-order chi connectivity index (χ1) is 11.9. The highest BCUT2D eigenvalue weighted by molar-refractivity contribution is 6.30. The third-order valence-electron chi connectivity index (χ3n) is 3.83. The molecular formula is C16H11ClF3N3O2. The van der Waals surface area contributed by atoms with Gasteiger partial charge in [0.1, 0.15) is 5.75 Å². The number of rotatable bonds is 2. The fourth-order valence-electron chi connectivity index (χ4n) is 2.82. The van der Waals surface area contributed by atoms with Gasteiger partial charge in [-0.05, 0) is 25.0 Å². The van der Waals surface area contributed by atoms with Crippen molar-refractivity contribution in [2.45, 2.75) is 19.2 Å². The summed E-state index contributed by atoms with van der Waals surface area (Å²) >= 11 is 6.24. The molecule has 0 atom stereocenters. The molecule has 0 aliphatic carbocycles. The summed E-state index contributed by atoms with van der Waals surface area (Å²) in [6.45, 7) is 0.556. The van der Waals surface area contributed by atoms with Crippen LogP contribution in [0.4, 0.5) is 13.2 Å². The van der Waals surface area contributed by atoms with Crippen molar-refractivity contribution in [2.24, 2.45) is 0 Å². The third kappa shape index (κ3) is 2.97. The average molecular weight is 370 g/mol. The minimum Gasteiger partial charge on any atom is -0.489 e. The Morgan fingerprint density at radius 2 is 2.12 bits per heavy atom. The molecule has 0 unspecified atom stereocenters. The minimum absolute atomic E-state index is 0.296. The van der Waals surface area contributed by atoms with Gasteiger partial charge in [-0.2, -0.15) is 5.10 Å². The van der Waals surface area contributed by atoms with Crippen LogP contribution in [0.25, 0.3) is 16.9 Å². The van der Waals surface area contributed by atoms with E-state index in [-0.39, 0.29) is 5.75 Å². The van der Waals surface area contributed by atoms with Crippen molar-refractivity contribution in [1.82, 2.24) is 14.6 Å². The maximum atomic E-state index is 12.4. The lowest BCUT2D eigenvalue weighted by Gasteiger charge is -2.18. The van der Waals surface area contributed by atoms with Crippen molar-refractivity contribution in [3.8, 4) is 22.8 Å². The Balaban J connectivity index is 1.83. The molecule has 0 bridgehead atoms. The second-order valence-corrected chi connectivity index (χ2v) is 5.86. The molecule has 1 aromatic carbocycles. The minimum atomic E-state index is -4.76. The highest BCUT2D eigenvalue weighted by Crippen LogP contribution is 2.35. The molecule has 4 rings (SSSR count). The Kier molecular flexibility index (Phi) is 3.72. The SMILES string of the molecule is FC(F)(F)Oc1cccc(-c2cnc3c4c(c(Cl)nn23)CCCO4)c1. The Hall–Kier alpha value is -2.48. The maximum Gasteiger partial charge on any atom is 0.573 e. The molecule has 0 saturated heterocycles. The lowest BCUT2D eigenvalue weighted by molar-refractivity contribution is -0.274. The van der Waals surface area contributed by atoms with Crippen LogP contribution >= 0.6 is 11.6 Å². The summed E-state index contributed by atoms with van der Waals surface area (Å²) in [6, 6.07) is 5.60. The lowest BCUT2D eigenvalue weighted by Crippen LogP contribution is -2.17. The fraction of sp³-hybridized carbons (Fsp3) is 0.250. The summed E-state index contributed by atoms with van der Waals surface area (Å²) in [7, 11) is 0. The number of aromatic nitrogens is 3. The average Bonchev–Trinajstić information content (AvgIpc) is 2.98. The van der Waals surface area contributed by atoms with Gasteiger partial charge in [0, 0.05) is 11.1 Å². The van der Waals surface area contributed by atoms with E-state index in [2.05, 4.69) is 14.8 Å². The van der Waals surface area contributed by atoms with Crippen molar-refractivity contribution in [1.29, 1.82) is 0 Å². The molecule has 3 aromatic rings. The van der Waals surface area contributed by atoms with Gasteiger partial charge in [-0.15, -0.1) is 13.2 Å². The summed E-state index contributed by atoms with van der Waals surface area (Å²) in [5, 5.41) is 4.60. The number of nitrogens with zero attached hydrogens (tertiary/aromatic N) is 3. The highest BCUT2D eigenvalue weighted by Gasteiger charge is 2.31. The maximum absolute atomic E-state index is 12.4. The van der Waals surface area contributed by atoms with E-state index in [1.807, 2.05) is 0 Å². The number of hydrogen-bond donors (Lipinski definition) is 0. The summed E-state index contributed by atoms with van der Waals surface area (Å²) in [4.78, 5) is 4.31. The second kappa shape index (κ2) is 5.80. The molecule has 1 aliphatic heterocycles. The van der Waals surface area contributed by atoms with Crippen molar-refractivity contribution in [2.75, 3.05) is 6.61 Å². The Labute approximate surface area is 144 Å². The number of halogens is 4. The van der Waals surface area contributed by atoms with Gasteiger partial charge < -0.3 is 9.47 Å². The molecule has 25 heavy (non-hydrogen) atoms. The fourth-order valence-corrected chi connectivity index (χ4v) is 3.08. The van der Waals surface area contributed by atoms with Crippen LogP contribution in [-0.2, 0) is 6.42 Å². The smallest absolute Gasteiger partial charge is 0.489 e. The molecule has 2 aromatic heterocycles. The standard InChI is InChI=1S/C16H11ClF3N3O2/c17-14-11-5-2-6-24-13(11)15-21-8-12(23(15)22-14)9-3-1-4-10(7-9)25-16(18,19)20/h1,3-4,7-8H,2,5-6H2. The van der Waals surface area contributed by atoms with Gasteiger partial charge in [0.2, 0.25) is 0 Å². The normalized spacial score (nSPS) is 14.2.